The van der Waals surface area contributed by atoms with Crippen molar-refractivity contribution >= 4 is 23.2 Å². The summed E-state index contributed by atoms with van der Waals surface area (Å²) >= 11 is 1.28. The first-order chi connectivity index (χ1) is 9.10. The van der Waals surface area contributed by atoms with Gasteiger partial charge in [-0.2, -0.15) is 0 Å². The normalized spacial score (nSPS) is 9.42. The number of carbonyl (C=O) groups is 2. The fraction of sp³-hybridized carbons (Fsp3) is 0.385. The lowest BCUT2D eigenvalue weighted by molar-refractivity contribution is -0.140. The molecule has 1 rings (SSSR count). The van der Waals surface area contributed by atoms with E-state index in [2.05, 4.69) is 16.6 Å². The summed E-state index contributed by atoms with van der Waals surface area (Å²) in [5.41, 5.74) is 0.592. The van der Waals surface area contributed by atoms with Crippen LogP contribution >= 0.6 is 11.3 Å². The fourth-order valence-electron chi connectivity index (χ4n) is 1.34. The molecule has 5 nitrogen and oxygen atoms in total. The minimum atomic E-state index is -0.355. The molecule has 0 saturated carbocycles. The molecular weight excluding hydrogens is 266 g/mol. The molecule has 1 amide bonds. The van der Waals surface area contributed by atoms with E-state index in [-0.39, 0.29) is 31.4 Å². The smallest absolute Gasteiger partial charge is 0.307 e. The van der Waals surface area contributed by atoms with Crippen LogP contribution in [0.2, 0.25) is 0 Å². The number of aliphatic hydroxyl groups excluding tert-OH is 1. The highest BCUT2D eigenvalue weighted by Crippen LogP contribution is 2.17. The molecule has 0 aliphatic heterocycles. The summed E-state index contributed by atoms with van der Waals surface area (Å²) in [5, 5.41) is 10.4. The molecule has 102 valence electrons. The molecule has 0 fully saturated rings. The number of ether oxygens (including phenoxy) is 1. The van der Waals surface area contributed by atoms with Gasteiger partial charge in [0.15, 0.2) is 0 Å². The Balaban J connectivity index is 2.72. The number of hydrogen-bond acceptors (Lipinski definition) is 5. The number of methoxy groups -OCH3 is 1. The first-order valence-electron chi connectivity index (χ1n) is 5.59. The number of hydrogen-bond donors (Lipinski definition) is 1. The molecule has 1 aromatic rings. The number of carbonyl (C=O) groups excluding carboxylic acids is 2. The molecule has 0 aliphatic carbocycles. The predicted octanol–water partition coefficient (Wildman–Crippen LogP) is 0.727. The van der Waals surface area contributed by atoms with E-state index in [1.807, 2.05) is 0 Å². The van der Waals surface area contributed by atoms with Gasteiger partial charge >= 0.3 is 5.97 Å². The van der Waals surface area contributed by atoms with Crippen LogP contribution in [0.5, 0.6) is 0 Å². The second kappa shape index (κ2) is 7.56. The van der Waals surface area contributed by atoms with Gasteiger partial charge in [-0.1, -0.05) is 11.8 Å². The molecule has 0 saturated heterocycles. The third-order valence-corrected chi connectivity index (χ3v) is 3.29. The summed E-state index contributed by atoms with van der Waals surface area (Å²) in [4.78, 5) is 25.1. The molecule has 0 spiro atoms. The number of amides is 1. The van der Waals surface area contributed by atoms with Crippen molar-refractivity contribution in [3.8, 4) is 11.8 Å². The van der Waals surface area contributed by atoms with Crippen LogP contribution in [-0.2, 0) is 9.53 Å². The summed E-state index contributed by atoms with van der Waals surface area (Å²) in [6, 6.07) is 1.73. The van der Waals surface area contributed by atoms with Crippen molar-refractivity contribution in [1.82, 2.24) is 4.90 Å². The van der Waals surface area contributed by atoms with Gasteiger partial charge in [-0.05, 0) is 11.4 Å². The van der Waals surface area contributed by atoms with Crippen molar-refractivity contribution in [2.24, 2.45) is 0 Å². The van der Waals surface area contributed by atoms with Crippen LogP contribution in [0.15, 0.2) is 11.4 Å². The average Bonchev–Trinajstić information content (AvgIpc) is 2.89. The van der Waals surface area contributed by atoms with Gasteiger partial charge in [-0.15, -0.1) is 11.3 Å². The lowest BCUT2D eigenvalue weighted by atomic mass is 10.2. The quantitative estimate of drug-likeness (QED) is 0.652. The first-order valence-corrected chi connectivity index (χ1v) is 6.47. The van der Waals surface area contributed by atoms with Gasteiger partial charge in [-0.3, -0.25) is 9.59 Å². The zero-order chi connectivity index (χ0) is 14.3. The average molecular weight is 281 g/mol. The first kappa shape index (κ1) is 15.2. The summed E-state index contributed by atoms with van der Waals surface area (Å²) in [7, 11) is 2.93. The molecule has 0 bridgehead atoms. The van der Waals surface area contributed by atoms with Crippen LogP contribution in [0, 0.1) is 11.8 Å². The number of rotatable bonds is 4. The van der Waals surface area contributed by atoms with Gasteiger partial charge in [0.2, 0.25) is 0 Å². The van der Waals surface area contributed by atoms with Crippen LogP contribution in [0.25, 0.3) is 0 Å². The molecule has 0 atom stereocenters. The van der Waals surface area contributed by atoms with Crippen LogP contribution in [0.4, 0.5) is 0 Å². The van der Waals surface area contributed by atoms with Crippen LogP contribution in [0.3, 0.4) is 0 Å². The zero-order valence-corrected chi connectivity index (χ0v) is 11.6. The van der Waals surface area contributed by atoms with E-state index in [1.165, 1.54) is 23.3 Å². The highest BCUT2D eigenvalue weighted by Gasteiger charge is 2.17. The number of nitrogens with zero attached hydrogens (tertiary/aromatic N) is 1. The van der Waals surface area contributed by atoms with E-state index in [1.54, 1.807) is 18.5 Å². The maximum absolute atomic E-state index is 12.1. The minimum absolute atomic E-state index is 0.155. The van der Waals surface area contributed by atoms with Gasteiger partial charge in [-0.25, -0.2) is 0 Å². The SMILES string of the molecule is COC(=O)CCN(C)C(=O)c1sccc1C#CCO. The van der Waals surface area contributed by atoms with Gasteiger partial charge in [0, 0.05) is 19.2 Å². The molecule has 1 aromatic heterocycles. The molecule has 1 heterocycles. The van der Waals surface area contributed by atoms with Crippen molar-refractivity contribution in [3.63, 3.8) is 0 Å². The molecule has 0 radical (unpaired) electrons. The predicted molar refractivity (Wildman–Crippen MR) is 71.9 cm³/mol. The summed E-state index contributed by atoms with van der Waals surface area (Å²) in [5.74, 6) is 4.69. The Labute approximate surface area is 115 Å². The minimum Gasteiger partial charge on any atom is -0.469 e. The molecule has 0 aromatic carbocycles. The highest BCUT2D eigenvalue weighted by atomic mass is 32.1. The van der Waals surface area contributed by atoms with E-state index in [4.69, 9.17) is 5.11 Å². The molecule has 0 unspecified atom stereocenters. The van der Waals surface area contributed by atoms with Gasteiger partial charge < -0.3 is 14.7 Å². The Hall–Kier alpha value is -1.84. The Kier molecular flexibility index (Phi) is 6.06. The molecule has 0 aliphatic rings. The van der Waals surface area contributed by atoms with Gasteiger partial charge in [0.25, 0.3) is 5.91 Å². The molecule has 19 heavy (non-hydrogen) atoms. The van der Waals surface area contributed by atoms with Crippen LogP contribution in [-0.4, -0.2) is 49.2 Å². The Bertz CT molecular complexity index is 512. The summed E-state index contributed by atoms with van der Waals surface area (Å²) in [6.45, 7) is 0.0396. The fourth-order valence-corrected chi connectivity index (χ4v) is 2.19. The number of thiophene rings is 1. The Morgan fingerprint density at radius 3 is 2.89 bits per heavy atom. The topological polar surface area (TPSA) is 66.8 Å². The van der Waals surface area contributed by atoms with Gasteiger partial charge in [0.1, 0.15) is 11.5 Å². The van der Waals surface area contributed by atoms with E-state index < -0.39 is 0 Å². The Morgan fingerprint density at radius 1 is 1.53 bits per heavy atom. The van der Waals surface area contributed by atoms with Gasteiger partial charge in [0.05, 0.1) is 13.5 Å². The molecule has 1 N–H and O–H groups in total. The van der Waals surface area contributed by atoms with E-state index >= 15 is 0 Å². The number of esters is 1. The zero-order valence-electron chi connectivity index (χ0n) is 10.8. The molecular formula is C13H15NO4S. The summed E-state index contributed by atoms with van der Waals surface area (Å²) < 4.78 is 4.52. The van der Waals surface area contributed by atoms with Crippen molar-refractivity contribution in [2.75, 3.05) is 27.3 Å². The van der Waals surface area contributed by atoms with Crippen molar-refractivity contribution in [1.29, 1.82) is 0 Å². The third kappa shape index (κ3) is 4.39. The van der Waals surface area contributed by atoms with E-state index in [0.717, 1.165) is 0 Å². The van der Waals surface area contributed by atoms with Crippen molar-refractivity contribution < 1.29 is 19.4 Å². The van der Waals surface area contributed by atoms with Crippen molar-refractivity contribution in [2.45, 2.75) is 6.42 Å². The standard InChI is InChI=1S/C13H15NO4S/c1-14(7-5-11(16)18-2)13(17)12-10(4-3-8-15)6-9-19-12/h6,9,15H,5,7-8H2,1-2H3. The summed E-state index contributed by atoms with van der Waals surface area (Å²) in [6.07, 6.45) is 0.155. The second-order valence-electron chi connectivity index (χ2n) is 3.68. The lowest BCUT2D eigenvalue weighted by Gasteiger charge is -2.15. The second-order valence-corrected chi connectivity index (χ2v) is 4.59. The number of aliphatic hydroxyl groups is 1. The van der Waals surface area contributed by atoms with Crippen LogP contribution in [0.1, 0.15) is 21.7 Å². The third-order valence-electron chi connectivity index (χ3n) is 2.39. The monoisotopic (exact) mass is 281 g/mol. The van der Waals surface area contributed by atoms with E-state index in [9.17, 15) is 9.59 Å². The maximum Gasteiger partial charge on any atom is 0.307 e. The lowest BCUT2D eigenvalue weighted by Crippen LogP contribution is -2.29. The highest BCUT2D eigenvalue weighted by molar-refractivity contribution is 7.12. The molecule has 6 heteroatoms. The van der Waals surface area contributed by atoms with E-state index in [0.29, 0.717) is 10.4 Å². The largest absolute Gasteiger partial charge is 0.469 e. The van der Waals surface area contributed by atoms with Crippen molar-refractivity contribution in [3.05, 3.63) is 21.9 Å². The van der Waals surface area contributed by atoms with Crippen LogP contribution < -0.4 is 0 Å². The Morgan fingerprint density at radius 2 is 2.26 bits per heavy atom. The maximum atomic E-state index is 12.1.